The number of alkyl halides is 1. The van der Waals surface area contributed by atoms with Gasteiger partial charge in [0.05, 0.1) is 17.5 Å². The molecule has 1 aromatic rings. The van der Waals surface area contributed by atoms with E-state index in [0.29, 0.717) is 17.9 Å². The van der Waals surface area contributed by atoms with Gasteiger partial charge in [0.25, 0.3) is 0 Å². The molecule has 2 atom stereocenters. The first-order valence-electron chi connectivity index (χ1n) is 6.39. The predicted octanol–water partition coefficient (Wildman–Crippen LogP) is 2.83. The van der Waals surface area contributed by atoms with E-state index < -0.39 is 22.4 Å². The summed E-state index contributed by atoms with van der Waals surface area (Å²) in [5, 5.41) is 0.438. The summed E-state index contributed by atoms with van der Waals surface area (Å²) < 4.78 is 45.3. The minimum absolute atomic E-state index is 0.0487. The van der Waals surface area contributed by atoms with E-state index in [1.165, 1.54) is 31.4 Å². The quantitative estimate of drug-likeness (QED) is 0.801. The summed E-state index contributed by atoms with van der Waals surface area (Å²) in [6.07, 6.45) is -0.0415. The average molecular weight is 322 g/mol. The summed E-state index contributed by atoms with van der Waals surface area (Å²) in [6.45, 7) is 0.188. The second-order valence-corrected chi connectivity index (χ2v) is 7.04. The van der Waals surface area contributed by atoms with Crippen LogP contribution in [0.15, 0.2) is 29.2 Å². The van der Waals surface area contributed by atoms with Gasteiger partial charge in [-0.3, -0.25) is 0 Å². The molecule has 1 fully saturated rings. The Kier molecular flexibility index (Phi) is 5.01. The Morgan fingerprint density at radius 1 is 1.35 bits per heavy atom. The molecular weight excluding hydrogens is 305 g/mol. The number of hydrogen-bond acceptors (Lipinski definition) is 3. The van der Waals surface area contributed by atoms with Crippen molar-refractivity contribution in [3.8, 4) is 0 Å². The number of ether oxygens (including phenoxy) is 1. The Morgan fingerprint density at radius 3 is 2.60 bits per heavy atom. The van der Waals surface area contributed by atoms with Crippen LogP contribution in [0.4, 0.5) is 4.39 Å². The van der Waals surface area contributed by atoms with Crippen molar-refractivity contribution < 1.29 is 17.5 Å². The zero-order valence-electron chi connectivity index (χ0n) is 11.1. The summed E-state index contributed by atoms with van der Waals surface area (Å²) >= 11 is 5.75. The SMILES string of the molecule is COC[C@H]1CCC[C@@H](F)N1S(=O)(=O)c1ccc(Cl)cc1. The highest BCUT2D eigenvalue weighted by atomic mass is 35.5. The minimum Gasteiger partial charge on any atom is -0.383 e. The molecule has 0 amide bonds. The monoisotopic (exact) mass is 321 g/mol. The molecule has 112 valence electrons. The zero-order chi connectivity index (χ0) is 14.8. The minimum atomic E-state index is -3.88. The Labute approximate surface area is 123 Å². The molecule has 1 aliphatic heterocycles. The third kappa shape index (κ3) is 3.14. The van der Waals surface area contributed by atoms with Crippen molar-refractivity contribution in [2.24, 2.45) is 0 Å². The lowest BCUT2D eigenvalue weighted by Crippen LogP contribution is -2.50. The molecule has 0 spiro atoms. The van der Waals surface area contributed by atoms with Gasteiger partial charge in [-0.15, -0.1) is 0 Å². The van der Waals surface area contributed by atoms with Crippen molar-refractivity contribution >= 4 is 21.6 Å². The number of rotatable bonds is 4. The number of nitrogens with zero attached hydrogens (tertiary/aromatic N) is 1. The van der Waals surface area contributed by atoms with Gasteiger partial charge in [-0.25, -0.2) is 12.8 Å². The van der Waals surface area contributed by atoms with Crippen molar-refractivity contribution in [1.82, 2.24) is 4.31 Å². The van der Waals surface area contributed by atoms with Crippen LogP contribution in [-0.2, 0) is 14.8 Å². The summed E-state index contributed by atoms with van der Waals surface area (Å²) in [6, 6.07) is 5.28. The Balaban J connectivity index is 2.36. The molecule has 2 rings (SSSR count). The highest BCUT2D eigenvalue weighted by Crippen LogP contribution is 2.31. The fourth-order valence-electron chi connectivity index (χ4n) is 2.43. The standard InChI is InChI=1S/C13H17ClFNO3S/c1-19-9-11-3-2-4-13(15)16(11)20(17,18)12-7-5-10(14)6-8-12/h5-8,11,13H,2-4,9H2,1H3/t11-,13+/m1/s1. The van der Waals surface area contributed by atoms with Crippen LogP contribution in [0.5, 0.6) is 0 Å². The molecule has 0 aromatic heterocycles. The Morgan fingerprint density at radius 2 is 2.00 bits per heavy atom. The van der Waals surface area contributed by atoms with E-state index in [1.807, 2.05) is 0 Å². The van der Waals surface area contributed by atoms with Gasteiger partial charge in [0, 0.05) is 12.1 Å². The summed E-state index contributed by atoms with van der Waals surface area (Å²) in [4.78, 5) is 0.0487. The zero-order valence-corrected chi connectivity index (χ0v) is 12.7. The van der Waals surface area contributed by atoms with E-state index in [4.69, 9.17) is 16.3 Å². The van der Waals surface area contributed by atoms with Crippen LogP contribution >= 0.6 is 11.6 Å². The van der Waals surface area contributed by atoms with Gasteiger partial charge >= 0.3 is 0 Å². The van der Waals surface area contributed by atoms with E-state index in [2.05, 4.69) is 0 Å². The average Bonchev–Trinajstić information content (AvgIpc) is 2.39. The van der Waals surface area contributed by atoms with Crippen molar-refractivity contribution in [2.75, 3.05) is 13.7 Å². The molecule has 1 heterocycles. The summed E-state index contributed by atoms with van der Waals surface area (Å²) in [5.74, 6) is 0. The lowest BCUT2D eigenvalue weighted by atomic mass is 10.1. The van der Waals surface area contributed by atoms with Crippen LogP contribution < -0.4 is 0 Å². The lowest BCUT2D eigenvalue weighted by molar-refractivity contribution is 0.0341. The van der Waals surface area contributed by atoms with Crippen LogP contribution in [0.25, 0.3) is 0 Å². The molecule has 0 saturated carbocycles. The molecule has 0 radical (unpaired) electrons. The highest BCUT2D eigenvalue weighted by Gasteiger charge is 2.40. The number of halogens is 2. The fourth-order valence-corrected chi connectivity index (χ4v) is 4.24. The van der Waals surface area contributed by atoms with E-state index in [1.54, 1.807) is 0 Å². The molecular formula is C13H17ClFNO3S. The van der Waals surface area contributed by atoms with E-state index >= 15 is 0 Å². The van der Waals surface area contributed by atoms with Crippen LogP contribution in [0.1, 0.15) is 19.3 Å². The van der Waals surface area contributed by atoms with Gasteiger partial charge in [-0.1, -0.05) is 11.6 Å². The highest BCUT2D eigenvalue weighted by molar-refractivity contribution is 7.89. The molecule has 1 saturated heterocycles. The first-order valence-corrected chi connectivity index (χ1v) is 8.20. The van der Waals surface area contributed by atoms with Gasteiger partial charge in [0.15, 0.2) is 6.30 Å². The van der Waals surface area contributed by atoms with Crippen LogP contribution in [0.3, 0.4) is 0 Å². The van der Waals surface area contributed by atoms with Gasteiger partial charge in [-0.05, 0) is 43.5 Å². The van der Waals surface area contributed by atoms with Crippen molar-refractivity contribution in [1.29, 1.82) is 0 Å². The maximum Gasteiger partial charge on any atom is 0.245 e. The molecule has 1 aromatic carbocycles. The largest absolute Gasteiger partial charge is 0.383 e. The molecule has 0 unspecified atom stereocenters. The Hall–Kier alpha value is -0.690. The second-order valence-electron chi connectivity index (χ2n) is 4.76. The molecule has 4 nitrogen and oxygen atoms in total. The molecule has 0 aliphatic carbocycles. The number of benzene rings is 1. The van der Waals surface area contributed by atoms with Gasteiger partial charge in [-0.2, -0.15) is 4.31 Å². The van der Waals surface area contributed by atoms with Crippen molar-refractivity contribution in [3.63, 3.8) is 0 Å². The first kappa shape index (κ1) is 15.7. The first-order chi connectivity index (χ1) is 9.46. The number of hydrogen-bond donors (Lipinski definition) is 0. The van der Waals surface area contributed by atoms with Crippen molar-refractivity contribution in [3.05, 3.63) is 29.3 Å². The molecule has 1 aliphatic rings. The number of sulfonamides is 1. The normalized spacial score (nSPS) is 24.8. The predicted molar refractivity (Wildman–Crippen MR) is 74.9 cm³/mol. The van der Waals surface area contributed by atoms with E-state index in [9.17, 15) is 12.8 Å². The molecule has 20 heavy (non-hydrogen) atoms. The Bertz CT molecular complexity index is 547. The molecule has 0 bridgehead atoms. The van der Waals surface area contributed by atoms with Gasteiger partial charge in [0.2, 0.25) is 10.0 Å². The molecule has 0 N–H and O–H groups in total. The van der Waals surface area contributed by atoms with Crippen molar-refractivity contribution in [2.45, 2.75) is 36.5 Å². The topological polar surface area (TPSA) is 46.6 Å². The van der Waals surface area contributed by atoms with E-state index in [-0.39, 0.29) is 17.9 Å². The van der Waals surface area contributed by atoms with Crippen LogP contribution in [0, 0.1) is 0 Å². The fraction of sp³-hybridized carbons (Fsp3) is 0.538. The summed E-state index contributed by atoms with van der Waals surface area (Å²) in [5.41, 5.74) is 0. The van der Waals surface area contributed by atoms with Crippen LogP contribution in [0.2, 0.25) is 5.02 Å². The van der Waals surface area contributed by atoms with Crippen LogP contribution in [-0.4, -0.2) is 38.8 Å². The molecule has 7 heteroatoms. The maximum atomic E-state index is 14.1. The number of piperidine rings is 1. The van der Waals surface area contributed by atoms with E-state index in [0.717, 1.165) is 4.31 Å². The maximum absolute atomic E-state index is 14.1. The lowest BCUT2D eigenvalue weighted by Gasteiger charge is -2.36. The van der Waals surface area contributed by atoms with Gasteiger partial charge in [0.1, 0.15) is 0 Å². The summed E-state index contributed by atoms with van der Waals surface area (Å²) in [7, 11) is -2.40. The number of methoxy groups -OCH3 is 1. The second kappa shape index (κ2) is 6.39. The van der Waals surface area contributed by atoms with Gasteiger partial charge < -0.3 is 4.74 Å². The smallest absolute Gasteiger partial charge is 0.245 e. The third-order valence-corrected chi connectivity index (χ3v) is 5.57. The third-order valence-electron chi connectivity index (χ3n) is 3.36.